The van der Waals surface area contributed by atoms with E-state index < -0.39 is 0 Å². The number of aromatic nitrogens is 1. The lowest BCUT2D eigenvalue weighted by atomic mass is 10.1. The number of carbonyl (C=O) groups is 1. The van der Waals surface area contributed by atoms with Gasteiger partial charge in [0.05, 0.1) is 11.3 Å². The molecular formula is C19H16N2O3S. The summed E-state index contributed by atoms with van der Waals surface area (Å²) in [7, 11) is 0. The molecule has 1 unspecified atom stereocenters. The number of phenolic OH excluding ortho intramolecular Hbond substituents is 1. The molecule has 1 fully saturated rings. The van der Waals surface area contributed by atoms with Crippen molar-refractivity contribution in [3.05, 3.63) is 70.0 Å². The highest BCUT2D eigenvalue weighted by Gasteiger charge is 2.34. The van der Waals surface area contributed by atoms with E-state index in [-0.39, 0.29) is 22.6 Å². The van der Waals surface area contributed by atoms with Crippen LogP contribution < -0.4 is 10.5 Å². The van der Waals surface area contributed by atoms with Crippen molar-refractivity contribution >= 4 is 34.3 Å². The highest BCUT2D eigenvalue weighted by molar-refractivity contribution is 8.00. The topological polar surface area (TPSA) is 73.4 Å². The van der Waals surface area contributed by atoms with Crippen LogP contribution in [0.25, 0.3) is 10.9 Å². The summed E-state index contributed by atoms with van der Waals surface area (Å²) in [5.74, 6) is 0.620. The van der Waals surface area contributed by atoms with Gasteiger partial charge >= 0.3 is 0 Å². The van der Waals surface area contributed by atoms with Crippen molar-refractivity contribution in [2.75, 3.05) is 10.7 Å². The van der Waals surface area contributed by atoms with Crippen LogP contribution in [0.1, 0.15) is 16.5 Å². The molecule has 2 N–H and O–H groups in total. The van der Waals surface area contributed by atoms with Crippen molar-refractivity contribution in [2.24, 2.45) is 0 Å². The molecule has 6 heteroatoms. The van der Waals surface area contributed by atoms with Gasteiger partial charge in [0.1, 0.15) is 11.1 Å². The molecule has 0 aliphatic carbocycles. The quantitative estimate of drug-likeness (QED) is 0.742. The van der Waals surface area contributed by atoms with Gasteiger partial charge in [-0.05, 0) is 42.3 Å². The number of fused-ring (bicyclic) bond motifs is 1. The molecule has 0 spiro atoms. The number of amides is 1. The van der Waals surface area contributed by atoms with Crippen LogP contribution in [0.15, 0.2) is 53.3 Å². The molecule has 4 rings (SSSR count). The Labute approximate surface area is 148 Å². The van der Waals surface area contributed by atoms with Crippen LogP contribution in [0, 0.1) is 6.92 Å². The first-order valence-corrected chi connectivity index (χ1v) is 8.94. The minimum absolute atomic E-state index is 0.0254. The fourth-order valence-electron chi connectivity index (χ4n) is 3.16. The summed E-state index contributed by atoms with van der Waals surface area (Å²) in [6.07, 6.45) is 0. The van der Waals surface area contributed by atoms with Gasteiger partial charge in [-0.2, -0.15) is 0 Å². The first-order valence-electron chi connectivity index (χ1n) is 7.89. The number of pyridine rings is 1. The van der Waals surface area contributed by atoms with Gasteiger partial charge in [-0.25, -0.2) is 0 Å². The van der Waals surface area contributed by atoms with Crippen molar-refractivity contribution in [2.45, 2.75) is 12.3 Å². The number of anilines is 1. The molecule has 25 heavy (non-hydrogen) atoms. The number of aromatic hydroxyl groups is 1. The van der Waals surface area contributed by atoms with E-state index in [4.69, 9.17) is 0 Å². The molecule has 1 atom stereocenters. The maximum atomic E-state index is 12.5. The maximum Gasteiger partial charge on any atom is 0.248 e. The maximum absolute atomic E-state index is 12.5. The largest absolute Gasteiger partial charge is 0.508 e. The normalized spacial score (nSPS) is 17.4. The van der Waals surface area contributed by atoms with Crippen molar-refractivity contribution in [1.82, 2.24) is 4.98 Å². The molecule has 0 saturated carbocycles. The summed E-state index contributed by atoms with van der Waals surface area (Å²) in [5.41, 5.74) is 3.17. The number of aryl methyl sites for hydroxylation is 1. The average Bonchev–Trinajstić information content (AvgIpc) is 2.96. The van der Waals surface area contributed by atoms with E-state index >= 15 is 0 Å². The Kier molecular flexibility index (Phi) is 3.77. The first kappa shape index (κ1) is 15.8. The number of aromatic amines is 1. The standard InChI is InChI=1S/C19H16N2O3S/c1-11-8-17(23)20-16-9-13(4-7-15(11)16)21-18(24)10-25-19(21)12-2-5-14(22)6-3-12/h2-9,19,22H,10H2,1H3,(H,20,23). The molecule has 3 aromatic rings. The zero-order chi connectivity index (χ0) is 17.6. The number of benzene rings is 2. The van der Waals surface area contributed by atoms with Crippen LogP contribution in [-0.2, 0) is 4.79 Å². The first-order chi connectivity index (χ1) is 12.0. The summed E-state index contributed by atoms with van der Waals surface area (Å²) in [6, 6.07) is 14.2. The van der Waals surface area contributed by atoms with Gasteiger partial charge < -0.3 is 10.1 Å². The van der Waals surface area contributed by atoms with Crippen LogP contribution >= 0.6 is 11.8 Å². The van der Waals surface area contributed by atoms with E-state index in [1.54, 1.807) is 34.9 Å². The number of nitrogens with zero attached hydrogens (tertiary/aromatic N) is 1. The van der Waals surface area contributed by atoms with E-state index in [0.29, 0.717) is 5.75 Å². The number of phenols is 1. The van der Waals surface area contributed by atoms with Gasteiger partial charge in [-0.3, -0.25) is 14.5 Å². The summed E-state index contributed by atoms with van der Waals surface area (Å²) in [4.78, 5) is 28.8. The number of thioether (sulfide) groups is 1. The van der Waals surface area contributed by atoms with Crippen molar-refractivity contribution in [1.29, 1.82) is 0 Å². The predicted molar refractivity (Wildman–Crippen MR) is 100 cm³/mol. The molecular weight excluding hydrogens is 336 g/mol. The zero-order valence-corrected chi connectivity index (χ0v) is 14.3. The highest BCUT2D eigenvalue weighted by Crippen LogP contribution is 2.42. The molecule has 2 aromatic carbocycles. The lowest BCUT2D eigenvalue weighted by Crippen LogP contribution is -2.27. The van der Waals surface area contributed by atoms with E-state index in [0.717, 1.165) is 27.7 Å². The Morgan fingerprint density at radius 1 is 1.12 bits per heavy atom. The summed E-state index contributed by atoms with van der Waals surface area (Å²) in [6.45, 7) is 1.90. The van der Waals surface area contributed by atoms with Gasteiger partial charge in [-0.1, -0.05) is 18.2 Å². The molecule has 1 saturated heterocycles. The van der Waals surface area contributed by atoms with Gasteiger partial charge in [0, 0.05) is 17.1 Å². The van der Waals surface area contributed by atoms with Gasteiger partial charge in [0.2, 0.25) is 11.5 Å². The van der Waals surface area contributed by atoms with Crippen LogP contribution in [-0.4, -0.2) is 21.8 Å². The summed E-state index contributed by atoms with van der Waals surface area (Å²) >= 11 is 1.55. The number of carbonyl (C=O) groups excluding carboxylic acids is 1. The molecule has 126 valence electrons. The van der Waals surface area contributed by atoms with Crippen molar-refractivity contribution < 1.29 is 9.90 Å². The fraction of sp³-hybridized carbons (Fsp3) is 0.158. The Bertz CT molecular complexity index is 1030. The lowest BCUT2D eigenvalue weighted by molar-refractivity contribution is -0.115. The monoisotopic (exact) mass is 352 g/mol. The van der Waals surface area contributed by atoms with Crippen molar-refractivity contribution in [3.8, 4) is 5.75 Å². The Morgan fingerprint density at radius 3 is 2.64 bits per heavy atom. The lowest BCUT2D eigenvalue weighted by Gasteiger charge is -2.24. The predicted octanol–water partition coefficient (Wildman–Crippen LogP) is 3.32. The molecule has 5 nitrogen and oxygen atoms in total. The molecule has 1 aliphatic rings. The van der Waals surface area contributed by atoms with Crippen LogP contribution in [0.4, 0.5) is 5.69 Å². The van der Waals surface area contributed by atoms with Crippen LogP contribution in [0.2, 0.25) is 0 Å². The third-order valence-electron chi connectivity index (χ3n) is 4.36. The molecule has 1 amide bonds. The van der Waals surface area contributed by atoms with Crippen LogP contribution in [0.3, 0.4) is 0 Å². The van der Waals surface area contributed by atoms with E-state index in [2.05, 4.69) is 4.98 Å². The third-order valence-corrected chi connectivity index (χ3v) is 5.57. The SMILES string of the molecule is Cc1cc(=O)[nH]c2cc(N3C(=O)CSC3c3ccc(O)cc3)ccc12. The van der Waals surface area contributed by atoms with Gasteiger partial charge in [0.15, 0.2) is 0 Å². The number of hydrogen-bond donors (Lipinski definition) is 2. The highest BCUT2D eigenvalue weighted by atomic mass is 32.2. The van der Waals surface area contributed by atoms with Gasteiger partial charge in [-0.15, -0.1) is 11.8 Å². The fourth-order valence-corrected chi connectivity index (χ4v) is 4.34. The molecule has 1 aliphatic heterocycles. The minimum Gasteiger partial charge on any atom is -0.508 e. The van der Waals surface area contributed by atoms with Crippen molar-refractivity contribution in [3.63, 3.8) is 0 Å². The molecule has 0 radical (unpaired) electrons. The summed E-state index contributed by atoms with van der Waals surface area (Å²) in [5, 5.41) is 10.3. The smallest absolute Gasteiger partial charge is 0.248 e. The van der Waals surface area contributed by atoms with Gasteiger partial charge in [0.25, 0.3) is 0 Å². The van der Waals surface area contributed by atoms with E-state index in [9.17, 15) is 14.7 Å². The minimum atomic E-state index is -0.153. The second kappa shape index (κ2) is 5.97. The number of nitrogens with one attached hydrogen (secondary N) is 1. The van der Waals surface area contributed by atoms with E-state index in [1.165, 1.54) is 0 Å². The number of rotatable bonds is 2. The Morgan fingerprint density at radius 2 is 1.88 bits per heavy atom. The second-order valence-corrected chi connectivity index (χ2v) is 7.13. The third kappa shape index (κ3) is 2.78. The Hall–Kier alpha value is -2.73. The number of H-pyrrole nitrogens is 1. The Balaban J connectivity index is 1.80. The zero-order valence-electron chi connectivity index (χ0n) is 13.5. The van der Waals surface area contributed by atoms with Crippen LogP contribution in [0.5, 0.6) is 5.75 Å². The molecule has 0 bridgehead atoms. The second-order valence-electron chi connectivity index (χ2n) is 6.07. The summed E-state index contributed by atoms with van der Waals surface area (Å²) < 4.78 is 0. The number of hydrogen-bond acceptors (Lipinski definition) is 4. The molecule has 1 aromatic heterocycles. The average molecular weight is 352 g/mol. The molecule has 2 heterocycles. The van der Waals surface area contributed by atoms with E-state index in [1.807, 2.05) is 37.3 Å².